The van der Waals surface area contributed by atoms with E-state index in [0.717, 1.165) is 37.5 Å². The standard InChI is InChI=1S/C18H37NO/c1-15(2)10-12-20-13-11-17(14-19-18(3,4)5)16-8-6-7-9-16/h15-17,19H,6-14H2,1-5H3. The molecule has 0 heterocycles. The summed E-state index contributed by atoms with van der Waals surface area (Å²) < 4.78 is 5.84. The van der Waals surface area contributed by atoms with E-state index in [4.69, 9.17) is 4.74 Å². The van der Waals surface area contributed by atoms with Crippen molar-refractivity contribution in [3.8, 4) is 0 Å². The van der Waals surface area contributed by atoms with Gasteiger partial charge in [0.2, 0.25) is 0 Å². The van der Waals surface area contributed by atoms with E-state index in [0.29, 0.717) is 0 Å². The minimum Gasteiger partial charge on any atom is -0.381 e. The summed E-state index contributed by atoms with van der Waals surface area (Å²) in [6.07, 6.45) is 8.15. The van der Waals surface area contributed by atoms with Gasteiger partial charge in [-0.3, -0.25) is 0 Å². The Morgan fingerprint density at radius 3 is 2.20 bits per heavy atom. The van der Waals surface area contributed by atoms with Gasteiger partial charge in [-0.05, 0) is 57.9 Å². The molecule has 1 unspecified atom stereocenters. The van der Waals surface area contributed by atoms with Crippen molar-refractivity contribution >= 4 is 0 Å². The molecule has 0 aromatic carbocycles. The molecule has 2 nitrogen and oxygen atoms in total. The summed E-state index contributed by atoms with van der Waals surface area (Å²) in [6.45, 7) is 14.3. The van der Waals surface area contributed by atoms with Crippen molar-refractivity contribution in [1.82, 2.24) is 5.32 Å². The van der Waals surface area contributed by atoms with Crippen LogP contribution in [0.4, 0.5) is 0 Å². The molecule has 1 aliphatic rings. The van der Waals surface area contributed by atoms with Gasteiger partial charge in [0.1, 0.15) is 0 Å². The molecule has 0 aliphatic heterocycles. The van der Waals surface area contributed by atoms with E-state index in [1.807, 2.05) is 0 Å². The second-order valence-electron chi connectivity index (χ2n) is 8.02. The van der Waals surface area contributed by atoms with Crippen LogP contribution in [0.2, 0.25) is 0 Å². The van der Waals surface area contributed by atoms with Crippen LogP contribution < -0.4 is 5.32 Å². The molecule has 1 aliphatic carbocycles. The van der Waals surface area contributed by atoms with Crippen molar-refractivity contribution in [2.45, 2.75) is 78.7 Å². The quantitative estimate of drug-likeness (QED) is 0.623. The number of rotatable bonds is 9. The molecule has 0 amide bonds. The van der Waals surface area contributed by atoms with Crippen LogP contribution in [-0.2, 0) is 4.74 Å². The summed E-state index contributed by atoms with van der Waals surface area (Å²) >= 11 is 0. The van der Waals surface area contributed by atoms with E-state index < -0.39 is 0 Å². The first-order chi connectivity index (χ1) is 9.38. The predicted octanol–water partition coefficient (Wildman–Crippen LogP) is 4.63. The highest BCUT2D eigenvalue weighted by atomic mass is 16.5. The van der Waals surface area contributed by atoms with Gasteiger partial charge in [-0.2, -0.15) is 0 Å². The number of hydrogen-bond acceptors (Lipinski definition) is 2. The Morgan fingerprint density at radius 1 is 1.05 bits per heavy atom. The van der Waals surface area contributed by atoms with Gasteiger partial charge in [0.25, 0.3) is 0 Å². The maximum Gasteiger partial charge on any atom is 0.0469 e. The van der Waals surface area contributed by atoms with E-state index in [2.05, 4.69) is 39.9 Å². The SMILES string of the molecule is CC(C)CCOCCC(CNC(C)(C)C)C1CCCC1. The molecule has 20 heavy (non-hydrogen) atoms. The van der Waals surface area contributed by atoms with Crippen molar-refractivity contribution in [3.63, 3.8) is 0 Å². The average molecular weight is 284 g/mol. The lowest BCUT2D eigenvalue weighted by molar-refractivity contribution is 0.0999. The molecule has 1 N–H and O–H groups in total. The highest BCUT2D eigenvalue weighted by molar-refractivity contribution is 4.80. The summed E-state index contributed by atoms with van der Waals surface area (Å²) in [5, 5.41) is 3.70. The summed E-state index contributed by atoms with van der Waals surface area (Å²) in [6, 6.07) is 0. The zero-order chi connectivity index (χ0) is 15.0. The normalized spacial score (nSPS) is 18.9. The monoisotopic (exact) mass is 283 g/mol. The molecule has 120 valence electrons. The highest BCUT2D eigenvalue weighted by Gasteiger charge is 2.25. The van der Waals surface area contributed by atoms with Crippen LogP contribution in [0.1, 0.15) is 73.1 Å². The third kappa shape index (κ3) is 8.26. The Kier molecular flexibility index (Phi) is 8.13. The van der Waals surface area contributed by atoms with Crippen molar-refractivity contribution in [2.75, 3.05) is 19.8 Å². The van der Waals surface area contributed by atoms with Crippen LogP contribution in [0, 0.1) is 17.8 Å². The first-order valence-electron chi connectivity index (χ1n) is 8.71. The average Bonchev–Trinajstić information content (AvgIpc) is 2.84. The molecule has 1 rings (SSSR count). The zero-order valence-electron chi connectivity index (χ0n) is 14.5. The van der Waals surface area contributed by atoms with Crippen LogP contribution in [0.25, 0.3) is 0 Å². The third-order valence-corrected chi connectivity index (χ3v) is 4.43. The Labute approximate surface area is 127 Å². The lowest BCUT2D eigenvalue weighted by Gasteiger charge is -2.29. The van der Waals surface area contributed by atoms with Crippen molar-refractivity contribution in [1.29, 1.82) is 0 Å². The largest absolute Gasteiger partial charge is 0.381 e. The Bertz CT molecular complexity index is 238. The lowest BCUT2D eigenvalue weighted by Crippen LogP contribution is -2.40. The fraction of sp³-hybridized carbons (Fsp3) is 1.00. The van der Waals surface area contributed by atoms with Crippen LogP contribution >= 0.6 is 0 Å². The van der Waals surface area contributed by atoms with Crippen LogP contribution in [0.5, 0.6) is 0 Å². The van der Waals surface area contributed by atoms with E-state index >= 15 is 0 Å². The molecule has 1 fully saturated rings. The molecule has 2 heteroatoms. The molecule has 1 atom stereocenters. The number of hydrogen-bond donors (Lipinski definition) is 1. The van der Waals surface area contributed by atoms with Gasteiger partial charge < -0.3 is 10.1 Å². The van der Waals surface area contributed by atoms with Gasteiger partial charge in [0, 0.05) is 18.8 Å². The smallest absolute Gasteiger partial charge is 0.0469 e. The molecule has 0 saturated heterocycles. The zero-order valence-corrected chi connectivity index (χ0v) is 14.5. The molecule has 0 radical (unpaired) electrons. The lowest BCUT2D eigenvalue weighted by atomic mass is 9.87. The van der Waals surface area contributed by atoms with Gasteiger partial charge in [0.15, 0.2) is 0 Å². The van der Waals surface area contributed by atoms with Gasteiger partial charge in [0.05, 0.1) is 0 Å². The number of nitrogens with one attached hydrogen (secondary N) is 1. The Hall–Kier alpha value is -0.0800. The van der Waals surface area contributed by atoms with Gasteiger partial charge >= 0.3 is 0 Å². The van der Waals surface area contributed by atoms with Crippen LogP contribution in [0.15, 0.2) is 0 Å². The molecular weight excluding hydrogens is 246 g/mol. The summed E-state index contributed by atoms with van der Waals surface area (Å²) in [7, 11) is 0. The van der Waals surface area contributed by atoms with Crippen LogP contribution in [0.3, 0.4) is 0 Å². The van der Waals surface area contributed by atoms with Gasteiger partial charge in [-0.25, -0.2) is 0 Å². The predicted molar refractivity (Wildman–Crippen MR) is 88.1 cm³/mol. The fourth-order valence-corrected chi connectivity index (χ4v) is 3.03. The number of ether oxygens (including phenoxy) is 1. The molecular formula is C18H37NO. The summed E-state index contributed by atoms with van der Waals surface area (Å²) in [5.41, 5.74) is 0.232. The summed E-state index contributed by atoms with van der Waals surface area (Å²) in [5.74, 6) is 2.48. The van der Waals surface area contributed by atoms with Crippen molar-refractivity contribution in [2.24, 2.45) is 17.8 Å². The maximum absolute atomic E-state index is 5.84. The summed E-state index contributed by atoms with van der Waals surface area (Å²) in [4.78, 5) is 0. The maximum atomic E-state index is 5.84. The van der Waals surface area contributed by atoms with Crippen LogP contribution in [-0.4, -0.2) is 25.3 Å². The second-order valence-corrected chi connectivity index (χ2v) is 8.02. The first kappa shape index (κ1) is 18.0. The molecule has 1 saturated carbocycles. The minimum atomic E-state index is 0.232. The fourth-order valence-electron chi connectivity index (χ4n) is 3.03. The Morgan fingerprint density at radius 2 is 1.65 bits per heavy atom. The minimum absolute atomic E-state index is 0.232. The van der Waals surface area contributed by atoms with E-state index in [-0.39, 0.29) is 5.54 Å². The van der Waals surface area contributed by atoms with Crippen molar-refractivity contribution < 1.29 is 4.74 Å². The van der Waals surface area contributed by atoms with Gasteiger partial charge in [-0.1, -0.05) is 39.5 Å². The topological polar surface area (TPSA) is 21.3 Å². The first-order valence-corrected chi connectivity index (χ1v) is 8.71. The van der Waals surface area contributed by atoms with E-state index in [1.54, 1.807) is 0 Å². The molecule has 0 bridgehead atoms. The second kappa shape index (κ2) is 9.04. The Balaban J connectivity index is 2.27. The molecule has 0 spiro atoms. The highest BCUT2D eigenvalue weighted by Crippen LogP contribution is 2.33. The third-order valence-electron chi connectivity index (χ3n) is 4.43. The van der Waals surface area contributed by atoms with E-state index in [9.17, 15) is 0 Å². The molecule has 0 aromatic rings. The van der Waals surface area contributed by atoms with Gasteiger partial charge in [-0.15, -0.1) is 0 Å². The molecule has 0 aromatic heterocycles. The van der Waals surface area contributed by atoms with Crippen molar-refractivity contribution in [3.05, 3.63) is 0 Å². The van der Waals surface area contributed by atoms with E-state index in [1.165, 1.54) is 38.5 Å².